The van der Waals surface area contributed by atoms with E-state index in [0.29, 0.717) is 6.10 Å². The van der Waals surface area contributed by atoms with E-state index in [-0.39, 0.29) is 0 Å². The molecule has 0 amide bonds. The Kier molecular flexibility index (Phi) is 5.27. The first-order valence-corrected chi connectivity index (χ1v) is 6.95. The van der Waals surface area contributed by atoms with E-state index in [0.717, 1.165) is 44.2 Å². The summed E-state index contributed by atoms with van der Waals surface area (Å²) >= 11 is 0. The van der Waals surface area contributed by atoms with Gasteiger partial charge in [0.1, 0.15) is 11.6 Å². The molecule has 0 saturated carbocycles. The second-order valence-corrected chi connectivity index (χ2v) is 4.70. The van der Waals surface area contributed by atoms with Crippen molar-refractivity contribution >= 4 is 11.6 Å². The van der Waals surface area contributed by atoms with Crippen LogP contribution >= 0.6 is 0 Å². The molecule has 1 saturated heterocycles. The number of anilines is 2. The van der Waals surface area contributed by atoms with Crippen molar-refractivity contribution in [3.05, 3.63) is 18.2 Å². The Morgan fingerprint density at radius 3 is 2.83 bits per heavy atom. The number of rotatable bonds is 6. The lowest BCUT2D eigenvalue weighted by Crippen LogP contribution is -2.27. The molecule has 1 aliphatic rings. The van der Waals surface area contributed by atoms with E-state index in [4.69, 9.17) is 4.74 Å². The Hall–Kier alpha value is -1.29. The molecular formula is C14H23N3O. The van der Waals surface area contributed by atoms with Gasteiger partial charge in [0.25, 0.3) is 0 Å². The van der Waals surface area contributed by atoms with Gasteiger partial charge in [-0.25, -0.2) is 4.98 Å². The largest absolute Gasteiger partial charge is 0.376 e. The van der Waals surface area contributed by atoms with E-state index in [1.165, 1.54) is 12.8 Å². The smallest absolute Gasteiger partial charge is 0.128 e. The quantitative estimate of drug-likeness (QED) is 0.814. The standard InChI is InChI=1S/C14H23N3O/c1-2-9-15-13-7-5-8-14(17-13)16-11-12-6-3-4-10-18-12/h5,7-8,12H,2-4,6,9-11H2,1H3,(H2,15,16,17). The molecule has 100 valence electrons. The summed E-state index contributed by atoms with van der Waals surface area (Å²) in [6.45, 7) is 4.86. The maximum Gasteiger partial charge on any atom is 0.128 e. The summed E-state index contributed by atoms with van der Waals surface area (Å²) < 4.78 is 5.69. The molecule has 1 aliphatic heterocycles. The zero-order valence-corrected chi connectivity index (χ0v) is 11.1. The Morgan fingerprint density at radius 2 is 2.11 bits per heavy atom. The molecule has 0 aromatic carbocycles. The van der Waals surface area contributed by atoms with Gasteiger partial charge in [-0.2, -0.15) is 0 Å². The van der Waals surface area contributed by atoms with Crippen molar-refractivity contribution in [1.82, 2.24) is 4.98 Å². The summed E-state index contributed by atoms with van der Waals surface area (Å²) in [5.41, 5.74) is 0. The molecule has 0 radical (unpaired) electrons. The SMILES string of the molecule is CCCNc1cccc(NCC2CCCCO2)n1. The Morgan fingerprint density at radius 1 is 1.28 bits per heavy atom. The van der Waals surface area contributed by atoms with Crippen LogP contribution in [-0.2, 0) is 4.74 Å². The summed E-state index contributed by atoms with van der Waals surface area (Å²) in [4.78, 5) is 4.52. The van der Waals surface area contributed by atoms with Gasteiger partial charge in [0.05, 0.1) is 6.10 Å². The van der Waals surface area contributed by atoms with Crippen molar-refractivity contribution in [2.24, 2.45) is 0 Å². The van der Waals surface area contributed by atoms with Crippen LogP contribution in [0.1, 0.15) is 32.6 Å². The lowest BCUT2D eigenvalue weighted by atomic mass is 10.1. The van der Waals surface area contributed by atoms with Crippen LogP contribution in [-0.4, -0.2) is 30.8 Å². The van der Waals surface area contributed by atoms with E-state index in [1.807, 2.05) is 18.2 Å². The van der Waals surface area contributed by atoms with Gasteiger partial charge in [-0.1, -0.05) is 13.0 Å². The molecule has 0 spiro atoms. The number of hydrogen-bond donors (Lipinski definition) is 2. The lowest BCUT2D eigenvalue weighted by molar-refractivity contribution is 0.0247. The fourth-order valence-corrected chi connectivity index (χ4v) is 2.07. The first kappa shape index (κ1) is 13.1. The molecule has 0 bridgehead atoms. The number of nitrogens with one attached hydrogen (secondary N) is 2. The Balaban J connectivity index is 1.80. The number of hydrogen-bond acceptors (Lipinski definition) is 4. The van der Waals surface area contributed by atoms with Gasteiger partial charge in [-0.3, -0.25) is 0 Å². The molecule has 2 rings (SSSR count). The van der Waals surface area contributed by atoms with Crippen LogP contribution in [0.4, 0.5) is 11.6 Å². The highest BCUT2D eigenvalue weighted by atomic mass is 16.5. The highest BCUT2D eigenvalue weighted by Crippen LogP contribution is 2.14. The molecule has 1 atom stereocenters. The minimum absolute atomic E-state index is 0.341. The number of aromatic nitrogens is 1. The van der Waals surface area contributed by atoms with Gasteiger partial charge in [0, 0.05) is 19.7 Å². The number of ether oxygens (including phenoxy) is 1. The first-order valence-electron chi connectivity index (χ1n) is 6.95. The van der Waals surface area contributed by atoms with Crippen molar-refractivity contribution in [3.63, 3.8) is 0 Å². The van der Waals surface area contributed by atoms with Gasteiger partial charge < -0.3 is 15.4 Å². The molecule has 1 aromatic heterocycles. The fourth-order valence-electron chi connectivity index (χ4n) is 2.07. The second kappa shape index (κ2) is 7.21. The lowest BCUT2D eigenvalue weighted by Gasteiger charge is -2.23. The third kappa shape index (κ3) is 4.18. The van der Waals surface area contributed by atoms with Gasteiger partial charge in [0.2, 0.25) is 0 Å². The summed E-state index contributed by atoms with van der Waals surface area (Å²) in [5.74, 6) is 1.86. The van der Waals surface area contributed by atoms with E-state index in [9.17, 15) is 0 Å². The topological polar surface area (TPSA) is 46.2 Å². The summed E-state index contributed by atoms with van der Waals surface area (Å²) in [6, 6.07) is 6.02. The Bertz CT molecular complexity index is 351. The van der Waals surface area contributed by atoms with Crippen LogP contribution in [0.2, 0.25) is 0 Å². The van der Waals surface area contributed by atoms with Crippen LogP contribution in [0, 0.1) is 0 Å². The molecule has 1 aromatic rings. The summed E-state index contributed by atoms with van der Waals surface area (Å²) in [6.07, 6.45) is 5.08. The normalized spacial score (nSPS) is 19.5. The number of pyridine rings is 1. The zero-order valence-electron chi connectivity index (χ0n) is 11.1. The molecule has 2 heterocycles. The summed E-state index contributed by atoms with van der Waals surface area (Å²) in [5, 5.41) is 6.65. The second-order valence-electron chi connectivity index (χ2n) is 4.70. The first-order chi connectivity index (χ1) is 8.88. The highest BCUT2D eigenvalue weighted by Gasteiger charge is 2.13. The van der Waals surface area contributed by atoms with Gasteiger partial charge in [0.15, 0.2) is 0 Å². The predicted octanol–water partition coefficient (Wildman–Crippen LogP) is 2.88. The van der Waals surface area contributed by atoms with Crippen molar-refractivity contribution in [2.45, 2.75) is 38.7 Å². The molecule has 0 aliphatic carbocycles. The zero-order chi connectivity index (χ0) is 12.6. The molecule has 1 unspecified atom stereocenters. The van der Waals surface area contributed by atoms with Crippen LogP contribution in [0.15, 0.2) is 18.2 Å². The van der Waals surface area contributed by atoms with Crippen molar-refractivity contribution < 1.29 is 4.74 Å². The molecule has 2 N–H and O–H groups in total. The van der Waals surface area contributed by atoms with Crippen LogP contribution in [0.5, 0.6) is 0 Å². The average Bonchev–Trinajstić information content (AvgIpc) is 2.44. The van der Waals surface area contributed by atoms with Crippen LogP contribution in [0.3, 0.4) is 0 Å². The molecule has 18 heavy (non-hydrogen) atoms. The molecule has 4 nitrogen and oxygen atoms in total. The van der Waals surface area contributed by atoms with Crippen molar-refractivity contribution in [1.29, 1.82) is 0 Å². The molecular weight excluding hydrogens is 226 g/mol. The minimum Gasteiger partial charge on any atom is -0.376 e. The van der Waals surface area contributed by atoms with E-state index >= 15 is 0 Å². The van der Waals surface area contributed by atoms with Gasteiger partial charge >= 0.3 is 0 Å². The monoisotopic (exact) mass is 249 g/mol. The average molecular weight is 249 g/mol. The van der Waals surface area contributed by atoms with Crippen molar-refractivity contribution in [2.75, 3.05) is 30.3 Å². The highest BCUT2D eigenvalue weighted by molar-refractivity contribution is 5.45. The third-order valence-electron chi connectivity index (χ3n) is 3.09. The fraction of sp³-hybridized carbons (Fsp3) is 0.643. The van der Waals surface area contributed by atoms with Crippen molar-refractivity contribution in [3.8, 4) is 0 Å². The van der Waals surface area contributed by atoms with E-state index in [2.05, 4.69) is 22.5 Å². The van der Waals surface area contributed by atoms with Gasteiger partial charge in [-0.05, 0) is 37.8 Å². The predicted molar refractivity (Wildman–Crippen MR) is 75.1 cm³/mol. The maximum absolute atomic E-state index is 5.69. The Labute approximate surface area is 109 Å². The van der Waals surface area contributed by atoms with E-state index in [1.54, 1.807) is 0 Å². The summed E-state index contributed by atoms with van der Waals surface area (Å²) in [7, 11) is 0. The minimum atomic E-state index is 0.341. The van der Waals surface area contributed by atoms with E-state index < -0.39 is 0 Å². The molecule has 1 fully saturated rings. The maximum atomic E-state index is 5.69. The number of nitrogens with zero attached hydrogens (tertiary/aromatic N) is 1. The van der Waals surface area contributed by atoms with Crippen LogP contribution in [0.25, 0.3) is 0 Å². The van der Waals surface area contributed by atoms with Crippen LogP contribution < -0.4 is 10.6 Å². The molecule has 4 heteroatoms. The van der Waals surface area contributed by atoms with Gasteiger partial charge in [-0.15, -0.1) is 0 Å². The third-order valence-corrected chi connectivity index (χ3v) is 3.09.